The first-order chi connectivity index (χ1) is 8.72. The second-order valence-electron chi connectivity index (χ2n) is 4.93. The monoisotopic (exact) mass is 257 g/mol. The fraction of sp³-hybridized carbons (Fsp3) is 0.929. The third-order valence-corrected chi connectivity index (χ3v) is 3.23. The normalized spacial score (nSPS) is 10.4. The third kappa shape index (κ3) is 10.4. The molecule has 18 heavy (non-hydrogen) atoms. The number of hydrogen-bond donors (Lipinski definition) is 2. The zero-order valence-electron chi connectivity index (χ0n) is 12.2. The van der Waals surface area contributed by atoms with E-state index in [1.54, 1.807) is 7.05 Å². The summed E-state index contributed by atoms with van der Waals surface area (Å²) in [6, 6.07) is -0.203. The first-order valence-electron chi connectivity index (χ1n) is 7.46. The molecular formula is C14H31N3O. The van der Waals surface area contributed by atoms with Crippen molar-refractivity contribution in [2.24, 2.45) is 5.84 Å². The van der Waals surface area contributed by atoms with Gasteiger partial charge in [0.15, 0.2) is 0 Å². The molecule has 2 amide bonds. The second-order valence-corrected chi connectivity index (χ2v) is 4.93. The maximum absolute atomic E-state index is 11.1. The van der Waals surface area contributed by atoms with E-state index in [0.717, 1.165) is 6.42 Å². The van der Waals surface area contributed by atoms with Crippen LogP contribution < -0.4 is 11.2 Å². The number of carbonyl (C=O) groups is 1. The lowest BCUT2D eigenvalue weighted by Crippen LogP contribution is -2.43. The average molecular weight is 257 g/mol. The van der Waals surface area contributed by atoms with Crippen LogP contribution in [0.4, 0.5) is 4.79 Å². The van der Waals surface area contributed by atoms with E-state index in [2.05, 4.69) is 12.2 Å². The molecule has 0 saturated heterocycles. The Hall–Kier alpha value is -0.770. The number of hydrazine groups is 1. The van der Waals surface area contributed by atoms with E-state index in [4.69, 9.17) is 5.84 Å². The summed E-state index contributed by atoms with van der Waals surface area (Å²) in [4.78, 5) is 11.1. The van der Waals surface area contributed by atoms with E-state index in [-0.39, 0.29) is 6.03 Å². The lowest BCUT2D eigenvalue weighted by Gasteiger charge is -2.15. The molecule has 0 saturated carbocycles. The largest absolute Gasteiger partial charge is 0.340 e. The lowest BCUT2D eigenvalue weighted by atomic mass is 10.1. The van der Waals surface area contributed by atoms with Gasteiger partial charge in [-0.05, 0) is 6.42 Å². The van der Waals surface area contributed by atoms with Gasteiger partial charge in [-0.2, -0.15) is 0 Å². The topological polar surface area (TPSA) is 58.4 Å². The van der Waals surface area contributed by atoms with Crippen molar-refractivity contribution in [3.8, 4) is 0 Å². The van der Waals surface area contributed by atoms with E-state index < -0.39 is 0 Å². The van der Waals surface area contributed by atoms with Gasteiger partial charge in [0.2, 0.25) is 0 Å². The number of urea groups is 1. The molecule has 0 rings (SSSR count). The minimum absolute atomic E-state index is 0.203. The van der Waals surface area contributed by atoms with Gasteiger partial charge in [-0.15, -0.1) is 0 Å². The average Bonchev–Trinajstić information content (AvgIpc) is 2.39. The quantitative estimate of drug-likeness (QED) is 0.258. The molecule has 3 N–H and O–H groups in total. The highest BCUT2D eigenvalue weighted by atomic mass is 16.2. The molecule has 0 aliphatic carbocycles. The zero-order valence-corrected chi connectivity index (χ0v) is 12.2. The van der Waals surface area contributed by atoms with Crippen molar-refractivity contribution < 1.29 is 4.79 Å². The summed E-state index contributed by atoms with van der Waals surface area (Å²) in [6.07, 6.45) is 13.0. The van der Waals surface area contributed by atoms with Crippen LogP contribution >= 0.6 is 0 Å². The maximum Gasteiger partial charge on any atom is 0.331 e. The lowest BCUT2D eigenvalue weighted by molar-refractivity contribution is 0.200. The molecule has 0 aromatic rings. The van der Waals surface area contributed by atoms with Gasteiger partial charge in [0, 0.05) is 13.6 Å². The van der Waals surface area contributed by atoms with Crippen LogP contribution in [0.5, 0.6) is 0 Å². The molecule has 0 unspecified atom stereocenters. The molecule has 0 spiro atoms. The molecule has 0 radical (unpaired) electrons. The Morgan fingerprint density at radius 3 is 1.83 bits per heavy atom. The number of carbonyl (C=O) groups excluding carboxylic acids is 1. The van der Waals surface area contributed by atoms with Gasteiger partial charge >= 0.3 is 6.03 Å². The summed E-state index contributed by atoms with van der Waals surface area (Å²) in [5.41, 5.74) is 0. The zero-order chi connectivity index (χ0) is 13.6. The van der Waals surface area contributed by atoms with Crippen molar-refractivity contribution in [1.82, 2.24) is 10.3 Å². The molecule has 0 aliphatic heterocycles. The standard InChI is InChI=1S/C14H31N3O/c1-3-4-5-6-7-8-9-10-11-12-13-17(15)14(18)16-2/h3-13,15H2,1-2H3,(H,16,18). The minimum Gasteiger partial charge on any atom is -0.340 e. The minimum atomic E-state index is -0.203. The number of amides is 2. The Balaban J connectivity index is 3.14. The highest BCUT2D eigenvalue weighted by molar-refractivity contribution is 5.72. The van der Waals surface area contributed by atoms with Crippen molar-refractivity contribution in [3.63, 3.8) is 0 Å². The van der Waals surface area contributed by atoms with Crippen molar-refractivity contribution >= 4 is 6.03 Å². The number of nitrogens with one attached hydrogen (secondary N) is 1. The van der Waals surface area contributed by atoms with Crippen LogP contribution in [0.1, 0.15) is 71.1 Å². The summed E-state index contributed by atoms with van der Waals surface area (Å²) >= 11 is 0. The van der Waals surface area contributed by atoms with Crippen LogP contribution in [0.2, 0.25) is 0 Å². The summed E-state index contributed by atoms with van der Waals surface area (Å²) in [7, 11) is 1.60. The molecule has 4 nitrogen and oxygen atoms in total. The van der Waals surface area contributed by atoms with Gasteiger partial charge in [0.1, 0.15) is 0 Å². The SMILES string of the molecule is CCCCCCCCCCCCN(N)C(=O)NC. The van der Waals surface area contributed by atoms with Gasteiger partial charge in [-0.3, -0.25) is 5.01 Å². The van der Waals surface area contributed by atoms with Crippen molar-refractivity contribution in [1.29, 1.82) is 0 Å². The Morgan fingerprint density at radius 2 is 1.39 bits per heavy atom. The van der Waals surface area contributed by atoms with E-state index in [0.29, 0.717) is 6.54 Å². The van der Waals surface area contributed by atoms with Crippen molar-refractivity contribution in [3.05, 3.63) is 0 Å². The van der Waals surface area contributed by atoms with Crippen LogP contribution in [-0.2, 0) is 0 Å². The van der Waals surface area contributed by atoms with Gasteiger partial charge in [0.25, 0.3) is 0 Å². The highest BCUT2D eigenvalue weighted by Crippen LogP contribution is 2.10. The summed E-state index contributed by atoms with van der Waals surface area (Å²) in [6.45, 7) is 2.90. The Bertz CT molecular complexity index is 197. The third-order valence-electron chi connectivity index (χ3n) is 3.23. The predicted molar refractivity (Wildman–Crippen MR) is 77.2 cm³/mol. The van der Waals surface area contributed by atoms with Gasteiger partial charge in [-0.1, -0.05) is 64.7 Å². The molecule has 0 aromatic heterocycles. The van der Waals surface area contributed by atoms with Crippen LogP contribution in [-0.4, -0.2) is 24.6 Å². The number of hydrogen-bond acceptors (Lipinski definition) is 2. The van der Waals surface area contributed by atoms with Crippen molar-refractivity contribution in [2.75, 3.05) is 13.6 Å². The Kier molecular flexibility index (Phi) is 12.1. The van der Waals surface area contributed by atoms with E-state index >= 15 is 0 Å². The van der Waals surface area contributed by atoms with Crippen LogP contribution in [0.15, 0.2) is 0 Å². The van der Waals surface area contributed by atoms with Gasteiger partial charge in [-0.25, -0.2) is 10.6 Å². The van der Waals surface area contributed by atoms with Crippen LogP contribution in [0.3, 0.4) is 0 Å². The van der Waals surface area contributed by atoms with E-state index in [9.17, 15) is 4.79 Å². The van der Waals surface area contributed by atoms with Crippen LogP contribution in [0, 0.1) is 0 Å². The molecule has 4 heteroatoms. The fourth-order valence-corrected chi connectivity index (χ4v) is 2.01. The number of nitrogens with zero attached hydrogens (tertiary/aromatic N) is 1. The van der Waals surface area contributed by atoms with Crippen molar-refractivity contribution in [2.45, 2.75) is 71.1 Å². The molecular weight excluding hydrogens is 226 g/mol. The predicted octanol–water partition coefficient (Wildman–Crippen LogP) is 3.42. The molecule has 0 bridgehead atoms. The number of rotatable bonds is 11. The summed E-state index contributed by atoms with van der Waals surface area (Å²) in [5, 5.41) is 3.77. The Morgan fingerprint density at radius 1 is 0.944 bits per heavy atom. The number of unbranched alkanes of at least 4 members (excludes halogenated alkanes) is 9. The molecule has 0 atom stereocenters. The first-order valence-corrected chi connectivity index (χ1v) is 7.46. The van der Waals surface area contributed by atoms with E-state index in [1.807, 2.05) is 0 Å². The van der Waals surface area contributed by atoms with Gasteiger partial charge < -0.3 is 5.32 Å². The summed E-state index contributed by atoms with van der Waals surface area (Å²) in [5.74, 6) is 5.56. The smallest absolute Gasteiger partial charge is 0.331 e. The first kappa shape index (κ1) is 17.2. The molecule has 0 aromatic carbocycles. The van der Waals surface area contributed by atoms with Crippen LogP contribution in [0.25, 0.3) is 0 Å². The maximum atomic E-state index is 11.1. The molecule has 108 valence electrons. The second kappa shape index (κ2) is 12.7. The Labute approximate surface area is 112 Å². The van der Waals surface area contributed by atoms with E-state index in [1.165, 1.54) is 62.8 Å². The number of nitrogens with two attached hydrogens (primary N) is 1. The molecule has 0 fully saturated rings. The summed E-state index contributed by atoms with van der Waals surface area (Å²) < 4.78 is 0. The fourth-order valence-electron chi connectivity index (χ4n) is 2.01. The highest BCUT2D eigenvalue weighted by Gasteiger charge is 2.04. The van der Waals surface area contributed by atoms with Gasteiger partial charge in [0.05, 0.1) is 0 Å². The molecule has 0 aliphatic rings. The molecule has 0 heterocycles.